The molecule has 0 saturated heterocycles. The van der Waals surface area contributed by atoms with Crippen molar-refractivity contribution in [1.29, 1.82) is 0 Å². The van der Waals surface area contributed by atoms with Crippen molar-refractivity contribution in [1.82, 2.24) is 5.43 Å². The Balaban J connectivity index is 2.49. The zero-order valence-electron chi connectivity index (χ0n) is 8.79. The third kappa shape index (κ3) is 3.33. The Hall–Kier alpha value is -0.510. The molecule has 2 nitrogen and oxygen atoms in total. The van der Waals surface area contributed by atoms with Gasteiger partial charge >= 0.3 is 0 Å². The summed E-state index contributed by atoms with van der Waals surface area (Å²) in [6.07, 6.45) is 1.06. The minimum Gasteiger partial charge on any atom is -0.271 e. The molecular weight excluding hydrogens is 192 g/mol. The van der Waals surface area contributed by atoms with Gasteiger partial charge in [0, 0.05) is 16.7 Å². The molecule has 1 rings (SSSR count). The van der Waals surface area contributed by atoms with E-state index in [9.17, 15) is 0 Å². The van der Waals surface area contributed by atoms with Gasteiger partial charge in [-0.3, -0.25) is 11.3 Å². The lowest BCUT2D eigenvalue weighted by atomic mass is 10.2. The summed E-state index contributed by atoms with van der Waals surface area (Å²) in [7, 11) is 0. The molecule has 1 atom stereocenters. The Morgan fingerprint density at radius 3 is 2.71 bits per heavy atom. The third-order valence-corrected chi connectivity index (χ3v) is 3.60. The lowest BCUT2D eigenvalue weighted by molar-refractivity contribution is 0.562. The lowest BCUT2D eigenvalue weighted by Crippen LogP contribution is -2.36. The Morgan fingerprint density at radius 2 is 2.14 bits per heavy atom. The van der Waals surface area contributed by atoms with Crippen LogP contribution in [-0.2, 0) is 0 Å². The van der Waals surface area contributed by atoms with Crippen LogP contribution in [0, 0.1) is 6.92 Å². The van der Waals surface area contributed by atoms with Gasteiger partial charge in [0.15, 0.2) is 0 Å². The Labute approximate surface area is 90.2 Å². The van der Waals surface area contributed by atoms with E-state index in [1.54, 1.807) is 0 Å². The van der Waals surface area contributed by atoms with Crippen molar-refractivity contribution in [2.45, 2.75) is 31.2 Å². The molecular formula is C11H18N2S. The highest BCUT2D eigenvalue weighted by Gasteiger charge is 2.04. The maximum Gasteiger partial charge on any atom is 0.0302 e. The number of thioether (sulfide) groups is 1. The molecule has 0 aliphatic heterocycles. The fourth-order valence-electron chi connectivity index (χ4n) is 1.19. The smallest absolute Gasteiger partial charge is 0.0302 e. The standard InChI is InChI=1S/C11H18N2S/c1-3-10(13-12)8-14-11-7-5-4-6-9(11)2/h4-7,10,13H,3,8,12H2,1-2H3. The molecule has 1 unspecified atom stereocenters. The zero-order valence-corrected chi connectivity index (χ0v) is 9.60. The maximum absolute atomic E-state index is 5.42. The summed E-state index contributed by atoms with van der Waals surface area (Å²) in [5, 5.41) is 0. The number of nitrogens with two attached hydrogens (primary N) is 1. The summed E-state index contributed by atoms with van der Waals surface area (Å²) in [6, 6.07) is 8.84. The number of rotatable bonds is 5. The molecule has 1 aromatic rings. The van der Waals surface area contributed by atoms with Gasteiger partial charge in [-0.1, -0.05) is 25.1 Å². The Kier molecular flexibility index (Phi) is 5.01. The van der Waals surface area contributed by atoms with Gasteiger partial charge in [-0.05, 0) is 25.0 Å². The van der Waals surface area contributed by atoms with Gasteiger partial charge in [-0.15, -0.1) is 11.8 Å². The summed E-state index contributed by atoms with van der Waals surface area (Å²) >= 11 is 1.86. The average Bonchev–Trinajstić information content (AvgIpc) is 2.22. The summed E-state index contributed by atoms with van der Waals surface area (Å²) in [4.78, 5) is 1.35. The topological polar surface area (TPSA) is 38.0 Å². The second-order valence-electron chi connectivity index (χ2n) is 3.35. The van der Waals surface area contributed by atoms with E-state index in [0.717, 1.165) is 12.2 Å². The molecule has 0 aromatic heterocycles. The number of hydrazine groups is 1. The van der Waals surface area contributed by atoms with Crippen molar-refractivity contribution in [3.63, 3.8) is 0 Å². The molecule has 3 N–H and O–H groups in total. The van der Waals surface area contributed by atoms with E-state index in [-0.39, 0.29) is 0 Å². The maximum atomic E-state index is 5.42. The summed E-state index contributed by atoms with van der Waals surface area (Å²) < 4.78 is 0. The fourth-order valence-corrected chi connectivity index (χ4v) is 2.38. The van der Waals surface area contributed by atoms with Gasteiger partial charge < -0.3 is 0 Å². The summed E-state index contributed by atoms with van der Waals surface area (Å²) in [5.41, 5.74) is 4.16. The molecule has 0 aliphatic carbocycles. The van der Waals surface area contributed by atoms with E-state index in [1.807, 2.05) is 11.8 Å². The Morgan fingerprint density at radius 1 is 1.43 bits per heavy atom. The monoisotopic (exact) mass is 210 g/mol. The van der Waals surface area contributed by atoms with Crippen LogP contribution in [-0.4, -0.2) is 11.8 Å². The van der Waals surface area contributed by atoms with E-state index >= 15 is 0 Å². The second-order valence-corrected chi connectivity index (χ2v) is 4.41. The van der Waals surface area contributed by atoms with Crippen molar-refractivity contribution in [3.8, 4) is 0 Å². The third-order valence-electron chi connectivity index (χ3n) is 2.26. The molecule has 3 heteroatoms. The number of hydrogen-bond acceptors (Lipinski definition) is 3. The predicted molar refractivity (Wildman–Crippen MR) is 63.3 cm³/mol. The second kappa shape index (κ2) is 6.06. The van der Waals surface area contributed by atoms with Crippen LogP contribution in [0.5, 0.6) is 0 Å². The van der Waals surface area contributed by atoms with E-state index in [1.165, 1.54) is 10.5 Å². The van der Waals surface area contributed by atoms with Crippen LogP contribution in [0.1, 0.15) is 18.9 Å². The van der Waals surface area contributed by atoms with Gasteiger partial charge in [0.2, 0.25) is 0 Å². The summed E-state index contributed by atoms with van der Waals surface area (Å²) in [6.45, 7) is 4.28. The molecule has 78 valence electrons. The molecule has 0 amide bonds. The normalized spacial score (nSPS) is 12.8. The van der Waals surface area contributed by atoms with Crippen LogP contribution in [0.2, 0.25) is 0 Å². The van der Waals surface area contributed by atoms with E-state index in [2.05, 4.69) is 43.5 Å². The first kappa shape index (κ1) is 11.6. The highest BCUT2D eigenvalue weighted by atomic mass is 32.2. The van der Waals surface area contributed by atoms with Crippen molar-refractivity contribution < 1.29 is 0 Å². The quantitative estimate of drug-likeness (QED) is 0.445. The Bertz CT molecular complexity index is 272. The molecule has 0 radical (unpaired) electrons. The van der Waals surface area contributed by atoms with Gasteiger partial charge in [0.1, 0.15) is 0 Å². The van der Waals surface area contributed by atoms with Crippen LogP contribution in [0.3, 0.4) is 0 Å². The molecule has 0 heterocycles. The van der Waals surface area contributed by atoms with Crippen LogP contribution >= 0.6 is 11.8 Å². The average molecular weight is 210 g/mol. The molecule has 0 spiro atoms. The largest absolute Gasteiger partial charge is 0.271 e. The fraction of sp³-hybridized carbons (Fsp3) is 0.455. The van der Waals surface area contributed by atoms with Gasteiger partial charge in [0.05, 0.1) is 0 Å². The van der Waals surface area contributed by atoms with Crippen LogP contribution in [0.15, 0.2) is 29.2 Å². The molecule has 0 bridgehead atoms. The van der Waals surface area contributed by atoms with Gasteiger partial charge in [-0.25, -0.2) is 0 Å². The van der Waals surface area contributed by atoms with E-state index in [4.69, 9.17) is 5.84 Å². The number of benzene rings is 1. The number of aryl methyl sites for hydroxylation is 1. The number of hydrogen-bond donors (Lipinski definition) is 2. The SMILES string of the molecule is CCC(CSc1ccccc1C)NN. The summed E-state index contributed by atoms with van der Waals surface area (Å²) in [5.74, 6) is 6.45. The van der Waals surface area contributed by atoms with Crippen LogP contribution < -0.4 is 11.3 Å². The molecule has 0 fully saturated rings. The van der Waals surface area contributed by atoms with Crippen molar-refractivity contribution in [2.75, 3.05) is 5.75 Å². The molecule has 0 aliphatic rings. The molecule has 1 aromatic carbocycles. The molecule has 0 saturated carbocycles. The minimum absolute atomic E-state index is 0.402. The first-order valence-corrected chi connectivity index (χ1v) is 5.91. The van der Waals surface area contributed by atoms with E-state index in [0.29, 0.717) is 6.04 Å². The highest BCUT2D eigenvalue weighted by molar-refractivity contribution is 7.99. The molecule has 14 heavy (non-hydrogen) atoms. The first-order chi connectivity index (χ1) is 6.77. The van der Waals surface area contributed by atoms with Crippen LogP contribution in [0.25, 0.3) is 0 Å². The van der Waals surface area contributed by atoms with Crippen molar-refractivity contribution >= 4 is 11.8 Å². The zero-order chi connectivity index (χ0) is 10.4. The van der Waals surface area contributed by atoms with E-state index < -0.39 is 0 Å². The van der Waals surface area contributed by atoms with Crippen molar-refractivity contribution in [3.05, 3.63) is 29.8 Å². The van der Waals surface area contributed by atoms with Crippen LogP contribution in [0.4, 0.5) is 0 Å². The lowest BCUT2D eigenvalue weighted by Gasteiger charge is -2.13. The van der Waals surface area contributed by atoms with Gasteiger partial charge in [0.25, 0.3) is 0 Å². The predicted octanol–water partition coefficient (Wildman–Crippen LogP) is 2.33. The van der Waals surface area contributed by atoms with Gasteiger partial charge in [-0.2, -0.15) is 0 Å². The minimum atomic E-state index is 0.402. The highest BCUT2D eigenvalue weighted by Crippen LogP contribution is 2.22. The first-order valence-electron chi connectivity index (χ1n) is 4.92. The van der Waals surface area contributed by atoms with Crippen molar-refractivity contribution in [2.24, 2.45) is 5.84 Å². The number of nitrogens with one attached hydrogen (secondary N) is 1.